The van der Waals surface area contributed by atoms with E-state index in [4.69, 9.17) is 9.15 Å². The third-order valence-corrected chi connectivity index (χ3v) is 9.60. The van der Waals surface area contributed by atoms with Crippen LogP contribution in [0.1, 0.15) is 213 Å². The molecule has 0 saturated carbocycles. The van der Waals surface area contributed by atoms with Gasteiger partial charge in [0.15, 0.2) is 0 Å². The molecule has 0 bridgehead atoms. The Bertz CT molecular complexity index is 610. The second-order valence-electron chi connectivity index (χ2n) is 13.2. The zero-order valence-electron chi connectivity index (χ0n) is 30.1. The second kappa shape index (κ2) is 35.7. The molecule has 0 amide bonds. The predicted molar refractivity (Wildman–Crippen MR) is 193 cm³/mol. The van der Waals surface area contributed by atoms with E-state index in [0.717, 1.165) is 44.9 Å². The van der Waals surface area contributed by atoms with Gasteiger partial charge in [-0.3, -0.25) is 4.52 Å². The lowest BCUT2D eigenvalue weighted by Gasteiger charge is -2.24. The van der Waals surface area contributed by atoms with Crippen LogP contribution < -0.4 is 0 Å². The minimum absolute atomic E-state index is 0.290. The summed E-state index contributed by atoms with van der Waals surface area (Å²) in [5.41, 5.74) is 0. The molecule has 0 heterocycles. The first-order valence-corrected chi connectivity index (χ1v) is 21.1. The first kappa shape index (κ1) is 43.8. The highest BCUT2D eigenvalue weighted by Crippen LogP contribution is 2.44. The zero-order valence-corrected chi connectivity index (χ0v) is 31.0. The molecule has 0 aliphatic rings. The fourth-order valence-electron chi connectivity index (χ4n) is 5.74. The van der Waals surface area contributed by atoms with Crippen LogP contribution in [-0.2, 0) is 13.7 Å². The molecular weight excluding hydrogens is 565 g/mol. The molecule has 0 saturated heterocycles. The second-order valence-corrected chi connectivity index (χ2v) is 14.6. The van der Waals surface area contributed by atoms with Crippen molar-refractivity contribution in [2.24, 2.45) is 0 Å². The minimum Gasteiger partial charge on any atom is -0.301 e. The van der Waals surface area contributed by atoms with Crippen molar-refractivity contribution in [2.75, 3.05) is 19.7 Å². The monoisotopic (exact) mass is 644 g/mol. The normalized spacial score (nSPS) is 13.4. The van der Waals surface area contributed by atoms with Crippen LogP contribution in [0, 0.1) is 0 Å². The predicted octanol–water partition coefficient (Wildman–Crippen LogP) is 13.7. The van der Waals surface area contributed by atoms with Crippen LogP contribution in [0.25, 0.3) is 0 Å². The highest BCUT2D eigenvalue weighted by atomic mass is 31.2. The summed E-state index contributed by atoms with van der Waals surface area (Å²) >= 11 is 0. The lowest BCUT2D eigenvalue weighted by Crippen LogP contribution is -2.26. The Balaban J connectivity index is 4.05. The SMILES string of the molecule is CCCCCCCC/C=C\CCCCCCCCOP(=O)(O)ON(CCCCCCCCCC)CCCCCCCCCC. The van der Waals surface area contributed by atoms with E-state index < -0.39 is 7.82 Å². The molecule has 5 nitrogen and oxygen atoms in total. The van der Waals surface area contributed by atoms with Crippen LogP contribution in [0.3, 0.4) is 0 Å². The number of unbranched alkanes of at least 4 members (excludes halogenated alkanes) is 26. The molecule has 0 aliphatic heterocycles. The summed E-state index contributed by atoms with van der Waals surface area (Å²) in [4.78, 5) is 10.4. The van der Waals surface area contributed by atoms with Crippen molar-refractivity contribution in [1.82, 2.24) is 5.06 Å². The standard InChI is InChI=1S/C38H78NO4P/c1-4-7-10-13-16-19-20-21-22-23-24-25-26-29-32-35-38-42-44(40,41)43-39(36-33-30-27-17-14-11-8-5-2)37-34-31-28-18-15-12-9-6-3/h21-22H,4-20,23-38H2,1-3H3,(H,40,41)/b22-21-. The molecule has 0 fully saturated rings. The van der Waals surface area contributed by atoms with Crippen molar-refractivity contribution >= 4 is 7.82 Å². The molecule has 264 valence electrons. The molecule has 0 aromatic heterocycles. The number of rotatable bonds is 37. The van der Waals surface area contributed by atoms with Gasteiger partial charge in [-0.15, -0.1) is 0 Å². The Morgan fingerprint density at radius 2 is 0.795 bits per heavy atom. The van der Waals surface area contributed by atoms with Gasteiger partial charge < -0.3 is 4.89 Å². The van der Waals surface area contributed by atoms with E-state index in [-0.39, 0.29) is 0 Å². The molecule has 0 aliphatic carbocycles. The number of allylic oxidation sites excluding steroid dienone is 2. The first-order valence-electron chi connectivity index (χ1n) is 19.6. The van der Waals surface area contributed by atoms with Gasteiger partial charge in [0.25, 0.3) is 0 Å². The molecule has 0 aromatic carbocycles. The molecule has 0 radical (unpaired) electrons. The van der Waals surface area contributed by atoms with Crippen molar-refractivity contribution in [3.63, 3.8) is 0 Å². The molecule has 1 unspecified atom stereocenters. The molecule has 1 N–H and O–H groups in total. The maximum Gasteiger partial charge on any atom is 0.489 e. The summed E-state index contributed by atoms with van der Waals surface area (Å²) in [6, 6.07) is 0. The van der Waals surface area contributed by atoms with Gasteiger partial charge in [0.05, 0.1) is 6.61 Å². The van der Waals surface area contributed by atoms with Gasteiger partial charge in [-0.25, -0.2) is 4.57 Å². The summed E-state index contributed by atoms with van der Waals surface area (Å²) in [6.07, 6.45) is 42.0. The van der Waals surface area contributed by atoms with Crippen LogP contribution in [0.4, 0.5) is 0 Å². The van der Waals surface area contributed by atoms with E-state index in [1.807, 2.05) is 0 Å². The van der Waals surface area contributed by atoms with Crippen LogP contribution in [0.15, 0.2) is 12.2 Å². The maximum absolute atomic E-state index is 12.7. The van der Waals surface area contributed by atoms with E-state index in [9.17, 15) is 9.46 Å². The van der Waals surface area contributed by atoms with Crippen molar-refractivity contribution in [1.29, 1.82) is 0 Å². The van der Waals surface area contributed by atoms with Gasteiger partial charge in [-0.2, -0.15) is 9.69 Å². The van der Waals surface area contributed by atoms with E-state index >= 15 is 0 Å². The molecule has 0 aromatic rings. The van der Waals surface area contributed by atoms with Crippen LogP contribution in [0.2, 0.25) is 0 Å². The number of hydroxylamine groups is 2. The lowest BCUT2D eigenvalue weighted by molar-refractivity contribution is -0.0885. The Hall–Kier alpha value is -0.190. The Labute approximate surface area is 276 Å². The highest BCUT2D eigenvalue weighted by molar-refractivity contribution is 7.47. The zero-order chi connectivity index (χ0) is 32.2. The van der Waals surface area contributed by atoms with Gasteiger partial charge in [-0.1, -0.05) is 181 Å². The average molecular weight is 644 g/mol. The van der Waals surface area contributed by atoms with E-state index in [0.29, 0.717) is 19.7 Å². The van der Waals surface area contributed by atoms with Crippen molar-refractivity contribution in [2.45, 2.75) is 213 Å². The van der Waals surface area contributed by atoms with Crippen molar-refractivity contribution in [3.05, 3.63) is 12.2 Å². The number of hydrogen-bond donors (Lipinski definition) is 1. The van der Waals surface area contributed by atoms with Crippen molar-refractivity contribution < 1.29 is 18.6 Å². The van der Waals surface area contributed by atoms with Gasteiger partial charge in [-0.05, 0) is 44.9 Å². The van der Waals surface area contributed by atoms with E-state index in [2.05, 4.69) is 32.9 Å². The fourth-order valence-corrected chi connectivity index (χ4v) is 6.60. The summed E-state index contributed by atoms with van der Waals surface area (Å²) in [5, 5.41) is 1.73. The number of nitrogens with zero attached hydrogens (tertiary/aromatic N) is 1. The number of phosphoric acid groups is 1. The average Bonchev–Trinajstić information content (AvgIpc) is 3.01. The van der Waals surface area contributed by atoms with E-state index in [1.54, 1.807) is 5.06 Å². The molecule has 1 atom stereocenters. The van der Waals surface area contributed by atoms with Crippen LogP contribution in [-0.4, -0.2) is 29.7 Å². The quantitative estimate of drug-likeness (QED) is 0.0316. The van der Waals surface area contributed by atoms with Gasteiger partial charge >= 0.3 is 7.82 Å². The summed E-state index contributed by atoms with van der Waals surface area (Å²) in [5.74, 6) is 0. The van der Waals surface area contributed by atoms with Crippen LogP contribution >= 0.6 is 7.82 Å². The third-order valence-electron chi connectivity index (χ3n) is 8.65. The van der Waals surface area contributed by atoms with Crippen molar-refractivity contribution in [3.8, 4) is 0 Å². The lowest BCUT2D eigenvalue weighted by atomic mass is 10.1. The molecular formula is C38H78NO4P. The smallest absolute Gasteiger partial charge is 0.301 e. The largest absolute Gasteiger partial charge is 0.489 e. The molecule has 6 heteroatoms. The Morgan fingerprint density at radius 3 is 1.18 bits per heavy atom. The summed E-state index contributed by atoms with van der Waals surface area (Å²) in [6.45, 7) is 8.47. The maximum atomic E-state index is 12.7. The van der Waals surface area contributed by atoms with E-state index in [1.165, 1.54) is 148 Å². The van der Waals surface area contributed by atoms with Gasteiger partial charge in [0.2, 0.25) is 0 Å². The minimum atomic E-state index is -4.07. The molecule has 44 heavy (non-hydrogen) atoms. The first-order chi connectivity index (χ1) is 21.6. The Morgan fingerprint density at radius 1 is 0.477 bits per heavy atom. The third kappa shape index (κ3) is 34.7. The highest BCUT2D eigenvalue weighted by Gasteiger charge is 2.25. The topological polar surface area (TPSA) is 59.0 Å². The fraction of sp³-hybridized carbons (Fsp3) is 0.947. The summed E-state index contributed by atoms with van der Waals surface area (Å²) < 4.78 is 23.7. The number of hydrogen-bond acceptors (Lipinski definition) is 4. The number of phosphoric ester groups is 1. The summed E-state index contributed by atoms with van der Waals surface area (Å²) in [7, 11) is -4.07. The molecule has 0 rings (SSSR count). The van der Waals surface area contributed by atoms with Crippen LogP contribution in [0.5, 0.6) is 0 Å². The Kier molecular flexibility index (Phi) is 35.5. The van der Waals surface area contributed by atoms with Gasteiger partial charge in [0, 0.05) is 13.1 Å². The molecule has 0 spiro atoms. The van der Waals surface area contributed by atoms with Gasteiger partial charge in [0.1, 0.15) is 0 Å².